The Morgan fingerprint density at radius 3 is 2.15 bits per heavy atom. The summed E-state index contributed by atoms with van der Waals surface area (Å²) in [4.78, 5) is 37.4. The van der Waals surface area contributed by atoms with E-state index in [0.717, 1.165) is 61.6 Å². The van der Waals surface area contributed by atoms with Gasteiger partial charge in [-0.1, -0.05) is 42.5 Å². The van der Waals surface area contributed by atoms with Gasteiger partial charge in [-0.15, -0.1) is 0 Å². The predicted molar refractivity (Wildman–Crippen MR) is 159 cm³/mol. The third-order valence-electron chi connectivity index (χ3n) is 8.43. The molecule has 2 aliphatic heterocycles. The van der Waals surface area contributed by atoms with Crippen LogP contribution in [0.15, 0.2) is 78.9 Å². The van der Waals surface area contributed by atoms with Crippen LogP contribution in [0.1, 0.15) is 34.6 Å². The molecular weight excluding hydrogens is 514 g/mol. The molecule has 2 amide bonds. The first kappa shape index (κ1) is 27.0. The van der Waals surface area contributed by atoms with Gasteiger partial charge in [0.15, 0.2) is 0 Å². The van der Waals surface area contributed by atoms with Crippen molar-refractivity contribution in [1.29, 1.82) is 0 Å². The number of nitrogens with zero attached hydrogens (tertiary/aromatic N) is 5. The maximum atomic E-state index is 13.4. The van der Waals surface area contributed by atoms with Crippen molar-refractivity contribution in [2.24, 2.45) is 5.92 Å². The molecule has 4 aromatic rings. The number of hydrogen-bond acceptors (Lipinski definition) is 5. The number of fused-ring (bicyclic) bond motifs is 1. The molecule has 0 spiro atoms. The molecule has 0 atom stereocenters. The van der Waals surface area contributed by atoms with Crippen LogP contribution in [0.2, 0.25) is 0 Å². The van der Waals surface area contributed by atoms with Gasteiger partial charge in [-0.3, -0.25) is 14.5 Å². The number of piperazine rings is 1. The number of ether oxygens (including phenoxy) is 1. The van der Waals surface area contributed by atoms with Crippen LogP contribution in [0.25, 0.3) is 11.0 Å². The van der Waals surface area contributed by atoms with Crippen molar-refractivity contribution in [1.82, 2.24) is 24.3 Å². The highest BCUT2D eigenvalue weighted by Crippen LogP contribution is 2.25. The number of amides is 2. The first-order valence-electron chi connectivity index (χ1n) is 14.5. The second kappa shape index (κ2) is 12.1. The van der Waals surface area contributed by atoms with Crippen molar-refractivity contribution >= 4 is 22.8 Å². The molecule has 8 nitrogen and oxygen atoms in total. The number of hydrogen-bond donors (Lipinski definition) is 0. The van der Waals surface area contributed by atoms with Crippen molar-refractivity contribution in [2.45, 2.75) is 25.9 Å². The zero-order chi connectivity index (χ0) is 28.2. The van der Waals surface area contributed by atoms with Crippen LogP contribution in [0.3, 0.4) is 0 Å². The number of carbonyl (C=O) groups is 2. The maximum Gasteiger partial charge on any atom is 0.253 e. The Balaban J connectivity index is 1.05. The fourth-order valence-electron chi connectivity index (χ4n) is 6.03. The summed E-state index contributed by atoms with van der Waals surface area (Å²) < 4.78 is 7.64. The lowest BCUT2D eigenvalue weighted by Crippen LogP contribution is -2.53. The highest BCUT2D eigenvalue weighted by molar-refractivity contribution is 5.94. The van der Waals surface area contributed by atoms with E-state index in [1.54, 1.807) is 7.11 Å². The molecule has 0 saturated carbocycles. The number of carbonyl (C=O) groups excluding carboxylic acids is 2. The zero-order valence-corrected chi connectivity index (χ0v) is 23.6. The first-order valence-corrected chi connectivity index (χ1v) is 14.5. The van der Waals surface area contributed by atoms with Gasteiger partial charge in [0, 0.05) is 44.2 Å². The molecule has 8 heteroatoms. The standard InChI is InChI=1S/C33H37N5O3/c1-41-28-13-11-25(12-14-28)23-38-30-10-6-5-9-29(30)34-31(38)24-35-17-15-27(16-18-35)33(40)37-21-19-36(20-22-37)32(39)26-7-3-2-4-8-26/h2-14,27H,15-24H2,1H3. The molecule has 0 aliphatic carbocycles. The van der Waals surface area contributed by atoms with E-state index in [1.165, 1.54) is 5.56 Å². The molecule has 3 aromatic carbocycles. The van der Waals surface area contributed by atoms with Gasteiger partial charge < -0.3 is 19.1 Å². The van der Waals surface area contributed by atoms with Crippen molar-refractivity contribution in [2.75, 3.05) is 46.4 Å². The summed E-state index contributed by atoms with van der Waals surface area (Å²) in [6.07, 6.45) is 1.70. The number of aromatic nitrogens is 2. The maximum absolute atomic E-state index is 13.4. The van der Waals surface area contributed by atoms with Crippen molar-refractivity contribution in [3.63, 3.8) is 0 Å². The van der Waals surface area contributed by atoms with Crippen molar-refractivity contribution in [3.05, 3.63) is 95.8 Å². The third kappa shape index (κ3) is 5.98. The smallest absolute Gasteiger partial charge is 0.253 e. The third-order valence-corrected chi connectivity index (χ3v) is 8.43. The van der Waals surface area contributed by atoms with E-state index in [-0.39, 0.29) is 17.7 Å². The van der Waals surface area contributed by atoms with Gasteiger partial charge in [0.1, 0.15) is 11.6 Å². The number of benzene rings is 3. The van der Waals surface area contributed by atoms with Crippen LogP contribution in [0.4, 0.5) is 0 Å². The normalized spacial score (nSPS) is 16.7. The summed E-state index contributed by atoms with van der Waals surface area (Å²) in [7, 11) is 1.68. The Morgan fingerprint density at radius 2 is 1.44 bits per heavy atom. The molecule has 0 radical (unpaired) electrons. The second-order valence-corrected chi connectivity index (χ2v) is 11.0. The van der Waals surface area contributed by atoms with E-state index in [1.807, 2.05) is 58.3 Å². The van der Waals surface area contributed by atoms with E-state index in [0.29, 0.717) is 31.7 Å². The second-order valence-electron chi connectivity index (χ2n) is 11.0. The lowest BCUT2D eigenvalue weighted by atomic mass is 9.95. The molecule has 41 heavy (non-hydrogen) atoms. The van der Waals surface area contributed by atoms with Crippen molar-refractivity contribution < 1.29 is 14.3 Å². The Labute approximate surface area is 241 Å². The molecule has 6 rings (SSSR count). The minimum Gasteiger partial charge on any atom is -0.497 e. The predicted octanol–water partition coefficient (Wildman–Crippen LogP) is 4.29. The Bertz CT molecular complexity index is 1480. The van der Waals surface area contributed by atoms with Gasteiger partial charge in [-0.05, 0) is 67.9 Å². The van der Waals surface area contributed by atoms with Crippen molar-refractivity contribution in [3.8, 4) is 5.75 Å². The largest absolute Gasteiger partial charge is 0.497 e. The summed E-state index contributed by atoms with van der Waals surface area (Å²) in [5.41, 5.74) is 4.04. The SMILES string of the molecule is COc1ccc(Cn2c(CN3CCC(C(=O)N4CCN(C(=O)c5ccccc5)CC4)CC3)nc3ccccc32)cc1. The topological polar surface area (TPSA) is 70.9 Å². The molecule has 0 N–H and O–H groups in total. The Morgan fingerprint density at radius 1 is 0.780 bits per heavy atom. The van der Waals surface area contributed by atoms with Crippen LogP contribution in [0.5, 0.6) is 5.75 Å². The van der Waals surface area contributed by atoms with Crippen LogP contribution in [0, 0.1) is 5.92 Å². The van der Waals surface area contributed by atoms with E-state index in [4.69, 9.17) is 9.72 Å². The minimum atomic E-state index is 0.0424. The number of rotatable bonds is 7. The summed E-state index contributed by atoms with van der Waals surface area (Å²) in [5.74, 6) is 2.23. The fourth-order valence-corrected chi connectivity index (χ4v) is 6.03. The van der Waals surface area contributed by atoms with Crippen LogP contribution in [-0.2, 0) is 17.9 Å². The monoisotopic (exact) mass is 551 g/mol. The molecule has 2 aliphatic rings. The fraction of sp³-hybridized carbons (Fsp3) is 0.364. The lowest BCUT2D eigenvalue weighted by Gasteiger charge is -2.38. The van der Waals surface area contributed by atoms with Gasteiger partial charge in [-0.25, -0.2) is 4.98 Å². The van der Waals surface area contributed by atoms with Gasteiger partial charge in [0.05, 0.1) is 24.7 Å². The summed E-state index contributed by atoms with van der Waals surface area (Å²) in [5, 5.41) is 0. The summed E-state index contributed by atoms with van der Waals surface area (Å²) >= 11 is 0. The average molecular weight is 552 g/mol. The number of imidazole rings is 1. The minimum absolute atomic E-state index is 0.0424. The van der Waals surface area contributed by atoms with Gasteiger partial charge in [0.25, 0.3) is 5.91 Å². The molecule has 2 fully saturated rings. The molecule has 212 valence electrons. The number of methoxy groups -OCH3 is 1. The first-order chi connectivity index (χ1) is 20.1. The average Bonchev–Trinajstić information content (AvgIpc) is 3.38. The van der Waals surface area contributed by atoms with Gasteiger partial charge in [0.2, 0.25) is 5.91 Å². The van der Waals surface area contributed by atoms with Crippen LogP contribution >= 0.6 is 0 Å². The van der Waals surface area contributed by atoms with E-state index in [9.17, 15) is 9.59 Å². The molecule has 3 heterocycles. The quantitative estimate of drug-likeness (QED) is 0.343. The molecule has 1 aromatic heterocycles. The Hall–Kier alpha value is -4.17. The zero-order valence-electron chi connectivity index (χ0n) is 23.6. The summed E-state index contributed by atoms with van der Waals surface area (Å²) in [6, 6.07) is 25.9. The number of likely N-dealkylation sites (tertiary alicyclic amines) is 1. The van der Waals surface area contributed by atoms with Gasteiger partial charge in [-0.2, -0.15) is 0 Å². The molecule has 0 unspecified atom stereocenters. The van der Waals surface area contributed by atoms with Crippen LogP contribution in [-0.4, -0.2) is 82.4 Å². The lowest BCUT2D eigenvalue weighted by molar-refractivity contribution is -0.138. The molecule has 0 bridgehead atoms. The number of piperidine rings is 1. The summed E-state index contributed by atoms with van der Waals surface area (Å²) in [6.45, 7) is 5.62. The van der Waals surface area contributed by atoms with E-state index in [2.05, 4.69) is 39.8 Å². The Kier molecular flexibility index (Phi) is 8.00. The molecular formula is C33H37N5O3. The van der Waals surface area contributed by atoms with E-state index < -0.39 is 0 Å². The van der Waals surface area contributed by atoms with Crippen LogP contribution < -0.4 is 4.74 Å². The number of para-hydroxylation sites is 2. The highest BCUT2D eigenvalue weighted by Gasteiger charge is 2.32. The van der Waals surface area contributed by atoms with Gasteiger partial charge >= 0.3 is 0 Å². The van der Waals surface area contributed by atoms with E-state index >= 15 is 0 Å². The highest BCUT2D eigenvalue weighted by atomic mass is 16.5. The molecule has 2 saturated heterocycles.